The Morgan fingerprint density at radius 1 is 0.524 bits per heavy atom. The van der Waals surface area contributed by atoms with E-state index in [-0.39, 0.29) is 0 Å². The minimum absolute atomic E-state index is 0.300. The maximum absolute atomic E-state index is 4.91. The van der Waals surface area contributed by atoms with Gasteiger partial charge in [-0.05, 0) is 108 Å². The molecule has 8 rings (SSSR count). The average molecular weight is 555 g/mol. The van der Waals surface area contributed by atoms with Crippen LogP contribution < -0.4 is 10.6 Å². The molecular formula is C36H38N6. The first kappa shape index (κ1) is 25.7. The van der Waals surface area contributed by atoms with Crippen LogP contribution in [-0.4, -0.2) is 32.0 Å². The highest BCUT2D eigenvalue weighted by Crippen LogP contribution is 2.34. The molecule has 0 bridgehead atoms. The summed E-state index contributed by atoms with van der Waals surface area (Å²) in [6.45, 7) is 9.14. The fraction of sp³-hybridized carbons (Fsp3) is 0.333. The van der Waals surface area contributed by atoms with Gasteiger partial charge in [-0.3, -0.25) is 0 Å². The minimum atomic E-state index is 0.300. The van der Waals surface area contributed by atoms with Gasteiger partial charge in [0.15, 0.2) is 0 Å². The van der Waals surface area contributed by atoms with Crippen LogP contribution >= 0.6 is 0 Å². The molecule has 0 amide bonds. The highest BCUT2D eigenvalue weighted by atomic mass is 15.1. The molecule has 0 spiro atoms. The first-order valence-corrected chi connectivity index (χ1v) is 15.4. The molecule has 6 aromatic rings. The molecule has 0 saturated carbocycles. The Hall–Kier alpha value is -4.00. The standard InChI is InChI=1S/C36H38N6/c1-19-13-33(37-21(19)3)35-39-29-11-9-27(17-31(29)41-35)25-7-5-24-16-26(8-6-23(24)15-25)28-10-12-30-32(18-28)42-36(40-30)34-14-20(2)22(4)38-34/h5-12,15-22,33-34,37-38H,13-14H2,1-4H3,(H,39,41)(H,40,42)/t19-,20-,21-,22-,33+,34+/m1/s1. The van der Waals surface area contributed by atoms with Gasteiger partial charge in [-0.1, -0.05) is 50.2 Å². The molecule has 0 unspecified atom stereocenters. The number of hydrogen-bond acceptors (Lipinski definition) is 4. The molecule has 6 nitrogen and oxygen atoms in total. The Morgan fingerprint density at radius 3 is 1.33 bits per heavy atom. The van der Waals surface area contributed by atoms with Crippen LogP contribution in [0.4, 0.5) is 0 Å². The van der Waals surface area contributed by atoms with E-state index in [1.54, 1.807) is 0 Å². The van der Waals surface area contributed by atoms with Gasteiger partial charge in [0.1, 0.15) is 11.6 Å². The van der Waals surface area contributed by atoms with Crippen LogP contribution in [0.2, 0.25) is 0 Å². The number of fused-ring (bicyclic) bond motifs is 3. The molecule has 6 atom stereocenters. The van der Waals surface area contributed by atoms with Crippen molar-refractivity contribution in [3.8, 4) is 22.3 Å². The lowest BCUT2D eigenvalue weighted by Gasteiger charge is -2.08. The fourth-order valence-corrected chi connectivity index (χ4v) is 6.99. The third kappa shape index (κ3) is 4.41. The summed E-state index contributed by atoms with van der Waals surface area (Å²) < 4.78 is 0. The van der Waals surface area contributed by atoms with Crippen LogP contribution in [-0.2, 0) is 0 Å². The lowest BCUT2D eigenvalue weighted by atomic mass is 9.97. The van der Waals surface area contributed by atoms with Crippen molar-refractivity contribution < 1.29 is 0 Å². The van der Waals surface area contributed by atoms with Crippen molar-refractivity contribution in [2.24, 2.45) is 11.8 Å². The summed E-state index contributed by atoms with van der Waals surface area (Å²) in [5.41, 5.74) is 9.07. The molecule has 2 aromatic heterocycles. The predicted molar refractivity (Wildman–Crippen MR) is 172 cm³/mol. The van der Waals surface area contributed by atoms with Crippen LogP contribution in [0.25, 0.3) is 55.1 Å². The molecular weight excluding hydrogens is 516 g/mol. The lowest BCUT2D eigenvalue weighted by molar-refractivity contribution is 0.516. The van der Waals surface area contributed by atoms with Crippen molar-refractivity contribution in [3.63, 3.8) is 0 Å². The predicted octanol–water partition coefficient (Wildman–Crippen LogP) is 8.04. The SMILES string of the molecule is C[C@@H]1C[C@@H](c2nc3ccc(-c4ccc5cc(-c6ccc7nc([C@@H]8C[C@@H](C)[C@@H](C)N8)[nH]c7c6)ccc5c4)cc3[nH]2)N[C@@H]1C. The molecule has 2 fully saturated rings. The van der Waals surface area contributed by atoms with Crippen molar-refractivity contribution in [1.82, 2.24) is 30.6 Å². The van der Waals surface area contributed by atoms with E-state index in [9.17, 15) is 0 Å². The van der Waals surface area contributed by atoms with Crippen LogP contribution in [0.5, 0.6) is 0 Å². The normalized spacial score (nSPS) is 26.2. The van der Waals surface area contributed by atoms with Crippen molar-refractivity contribution in [1.29, 1.82) is 0 Å². The van der Waals surface area contributed by atoms with E-state index in [2.05, 4.69) is 121 Å². The van der Waals surface area contributed by atoms with E-state index in [0.717, 1.165) is 46.6 Å². The fourth-order valence-electron chi connectivity index (χ4n) is 6.99. The Balaban J connectivity index is 1.06. The highest BCUT2D eigenvalue weighted by molar-refractivity contribution is 5.93. The summed E-state index contributed by atoms with van der Waals surface area (Å²) in [6, 6.07) is 28.3. The van der Waals surface area contributed by atoms with Gasteiger partial charge in [0.25, 0.3) is 0 Å². The molecule has 2 aliphatic heterocycles. The molecule has 42 heavy (non-hydrogen) atoms. The van der Waals surface area contributed by atoms with Gasteiger partial charge in [0.2, 0.25) is 0 Å². The Kier molecular flexibility index (Phi) is 5.99. The number of benzene rings is 4. The summed E-state index contributed by atoms with van der Waals surface area (Å²) in [5, 5.41) is 9.85. The zero-order valence-electron chi connectivity index (χ0n) is 24.7. The van der Waals surface area contributed by atoms with E-state index in [1.807, 2.05) is 0 Å². The summed E-state index contributed by atoms with van der Waals surface area (Å²) in [4.78, 5) is 17.0. The van der Waals surface area contributed by atoms with Crippen LogP contribution in [0.1, 0.15) is 64.3 Å². The van der Waals surface area contributed by atoms with E-state index in [4.69, 9.17) is 9.97 Å². The third-order valence-corrected chi connectivity index (χ3v) is 10.0. The van der Waals surface area contributed by atoms with Crippen molar-refractivity contribution in [2.45, 2.75) is 64.7 Å². The van der Waals surface area contributed by atoms with Crippen molar-refractivity contribution in [2.75, 3.05) is 0 Å². The molecule has 4 heterocycles. The summed E-state index contributed by atoms with van der Waals surface area (Å²) in [5.74, 6) is 3.41. The number of aromatic amines is 2. The molecule has 6 heteroatoms. The topological polar surface area (TPSA) is 81.4 Å². The molecule has 0 radical (unpaired) electrons. The van der Waals surface area contributed by atoms with E-state index >= 15 is 0 Å². The first-order valence-electron chi connectivity index (χ1n) is 15.4. The maximum Gasteiger partial charge on any atom is 0.124 e. The van der Waals surface area contributed by atoms with Crippen LogP contribution in [0.3, 0.4) is 0 Å². The number of imidazole rings is 2. The van der Waals surface area contributed by atoms with E-state index in [0.29, 0.717) is 36.0 Å². The van der Waals surface area contributed by atoms with Crippen LogP contribution in [0, 0.1) is 11.8 Å². The number of rotatable bonds is 4. The van der Waals surface area contributed by atoms with Gasteiger partial charge in [-0.2, -0.15) is 0 Å². The Labute approximate surface area is 246 Å². The minimum Gasteiger partial charge on any atom is -0.341 e. The second kappa shape index (κ2) is 9.79. The van der Waals surface area contributed by atoms with Gasteiger partial charge < -0.3 is 20.6 Å². The number of hydrogen-bond donors (Lipinski definition) is 4. The second-order valence-electron chi connectivity index (χ2n) is 12.9. The Bertz CT molecular complexity index is 1790. The summed E-state index contributed by atoms with van der Waals surface area (Å²) in [7, 11) is 0. The maximum atomic E-state index is 4.91. The van der Waals surface area contributed by atoms with Gasteiger partial charge in [-0.25, -0.2) is 9.97 Å². The molecule has 212 valence electrons. The molecule has 2 aliphatic rings. The number of aromatic nitrogens is 4. The van der Waals surface area contributed by atoms with Crippen molar-refractivity contribution in [3.05, 3.63) is 84.4 Å². The number of nitrogens with zero attached hydrogens (tertiary/aromatic N) is 2. The van der Waals surface area contributed by atoms with E-state index in [1.165, 1.54) is 33.0 Å². The quantitative estimate of drug-likeness (QED) is 0.178. The number of H-pyrrole nitrogens is 2. The smallest absolute Gasteiger partial charge is 0.124 e. The first-order chi connectivity index (χ1) is 20.4. The molecule has 4 aromatic carbocycles. The zero-order valence-corrected chi connectivity index (χ0v) is 24.7. The zero-order chi connectivity index (χ0) is 28.5. The Morgan fingerprint density at radius 2 is 0.929 bits per heavy atom. The van der Waals surface area contributed by atoms with Gasteiger partial charge in [-0.15, -0.1) is 0 Å². The largest absolute Gasteiger partial charge is 0.341 e. The second-order valence-corrected chi connectivity index (χ2v) is 12.9. The molecule has 4 N–H and O–H groups in total. The van der Waals surface area contributed by atoms with Crippen LogP contribution in [0.15, 0.2) is 72.8 Å². The monoisotopic (exact) mass is 554 g/mol. The van der Waals surface area contributed by atoms with Crippen molar-refractivity contribution >= 4 is 32.8 Å². The summed E-state index contributed by atoms with van der Waals surface area (Å²) >= 11 is 0. The third-order valence-electron chi connectivity index (χ3n) is 10.0. The number of nitrogens with one attached hydrogen (secondary N) is 4. The summed E-state index contributed by atoms with van der Waals surface area (Å²) in [6.07, 6.45) is 2.24. The van der Waals surface area contributed by atoms with Gasteiger partial charge in [0, 0.05) is 12.1 Å². The van der Waals surface area contributed by atoms with Gasteiger partial charge >= 0.3 is 0 Å². The molecule has 0 aliphatic carbocycles. The average Bonchev–Trinajstić information content (AvgIpc) is 3.77. The van der Waals surface area contributed by atoms with E-state index < -0.39 is 0 Å². The highest BCUT2D eigenvalue weighted by Gasteiger charge is 2.31. The lowest BCUT2D eigenvalue weighted by Crippen LogP contribution is -2.24. The molecule has 2 saturated heterocycles. The van der Waals surface area contributed by atoms with Gasteiger partial charge in [0.05, 0.1) is 34.2 Å².